The maximum absolute atomic E-state index is 10.9. The molecule has 0 aliphatic rings. The number of carboxylic acid groups (broad SMARTS) is 1. The van der Waals surface area contributed by atoms with Gasteiger partial charge in [-0.25, -0.2) is 0 Å². The Morgan fingerprint density at radius 1 is 1.05 bits per heavy atom. The molecular formula is C18H17NO2. The SMILES string of the molecule is Cc1c(-c2ccccc2)n(CCC(=O)O)c2ccccc12. The molecule has 0 atom stereocenters. The molecule has 1 N–H and O–H groups in total. The van der Waals surface area contributed by atoms with E-state index in [-0.39, 0.29) is 6.42 Å². The van der Waals surface area contributed by atoms with Crippen LogP contribution in [0.3, 0.4) is 0 Å². The van der Waals surface area contributed by atoms with Gasteiger partial charge in [0, 0.05) is 17.4 Å². The Labute approximate surface area is 123 Å². The number of fused-ring (bicyclic) bond motifs is 1. The van der Waals surface area contributed by atoms with Gasteiger partial charge in [-0.2, -0.15) is 0 Å². The second kappa shape index (κ2) is 5.44. The van der Waals surface area contributed by atoms with Crippen LogP contribution < -0.4 is 0 Å². The van der Waals surface area contributed by atoms with E-state index in [9.17, 15) is 4.79 Å². The summed E-state index contributed by atoms with van der Waals surface area (Å²) in [5.74, 6) is -0.774. The van der Waals surface area contributed by atoms with Gasteiger partial charge in [-0.15, -0.1) is 0 Å². The molecule has 0 fully saturated rings. The van der Waals surface area contributed by atoms with Crippen molar-refractivity contribution in [3.05, 3.63) is 60.2 Å². The molecule has 106 valence electrons. The van der Waals surface area contributed by atoms with E-state index in [1.807, 2.05) is 30.3 Å². The zero-order valence-corrected chi connectivity index (χ0v) is 11.9. The fraction of sp³-hybridized carbons (Fsp3) is 0.167. The maximum atomic E-state index is 10.9. The highest BCUT2D eigenvalue weighted by atomic mass is 16.4. The molecule has 0 aliphatic carbocycles. The quantitative estimate of drug-likeness (QED) is 0.781. The summed E-state index contributed by atoms with van der Waals surface area (Å²) in [6.45, 7) is 2.58. The minimum Gasteiger partial charge on any atom is -0.481 e. The number of aliphatic carboxylic acids is 1. The average molecular weight is 279 g/mol. The summed E-state index contributed by atoms with van der Waals surface area (Å²) in [7, 11) is 0. The number of hydrogen-bond acceptors (Lipinski definition) is 1. The van der Waals surface area contributed by atoms with Crippen molar-refractivity contribution in [1.82, 2.24) is 4.57 Å². The van der Waals surface area contributed by atoms with Crippen LogP contribution in [0, 0.1) is 6.92 Å². The van der Waals surface area contributed by atoms with Crippen molar-refractivity contribution in [1.29, 1.82) is 0 Å². The fourth-order valence-electron chi connectivity index (χ4n) is 2.88. The molecule has 3 nitrogen and oxygen atoms in total. The van der Waals surface area contributed by atoms with Gasteiger partial charge in [0.05, 0.1) is 12.1 Å². The van der Waals surface area contributed by atoms with Crippen LogP contribution in [0.25, 0.3) is 22.2 Å². The van der Waals surface area contributed by atoms with Crippen LogP contribution in [0.1, 0.15) is 12.0 Å². The molecule has 1 heterocycles. The van der Waals surface area contributed by atoms with E-state index in [1.54, 1.807) is 0 Å². The topological polar surface area (TPSA) is 42.2 Å². The molecule has 2 aromatic carbocycles. The maximum Gasteiger partial charge on any atom is 0.305 e. The normalized spacial score (nSPS) is 10.9. The van der Waals surface area contributed by atoms with Crippen LogP contribution in [-0.4, -0.2) is 15.6 Å². The fourth-order valence-corrected chi connectivity index (χ4v) is 2.88. The third-order valence-corrected chi connectivity index (χ3v) is 3.82. The van der Waals surface area contributed by atoms with Crippen molar-refractivity contribution < 1.29 is 9.90 Å². The first-order chi connectivity index (χ1) is 10.2. The van der Waals surface area contributed by atoms with Crippen LogP contribution >= 0.6 is 0 Å². The molecule has 1 aromatic heterocycles. The highest BCUT2D eigenvalue weighted by molar-refractivity contribution is 5.91. The van der Waals surface area contributed by atoms with Crippen LogP contribution in [0.15, 0.2) is 54.6 Å². The Hall–Kier alpha value is -2.55. The van der Waals surface area contributed by atoms with Gasteiger partial charge in [-0.1, -0.05) is 48.5 Å². The molecule has 0 saturated carbocycles. The molecule has 0 spiro atoms. The second-order valence-corrected chi connectivity index (χ2v) is 5.15. The minimum atomic E-state index is -0.774. The van der Waals surface area contributed by atoms with Crippen LogP contribution in [0.4, 0.5) is 0 Å². The molecule has 0 unspecified atom stereocenters. The van der Waals surface area contributed by atoms with Gasteiger partial charge in [0.2, 0.25) is 0 Å². The molecule has 3 rings (SSSR count). The monoisotopic (exact) mass is 279 g/mol. The molecule has 0 aliphatic heterocycles. The zero-order valence-electron chi connectivity index (χ0n) is 11.9. The predicted molar refractivity (Wildman–Crippen MR) is 84.4 cm³/mol. The first kappa shape index (κ1) is 13.4. The number of nitrogens with zero attached hydrogens (tertiary/aromatic N) is 1. The van der Waals surface area contributed by atoms with E-state index in [2.05, 4.69) is 35.8 Å². The summed E-state index contributed by atoms with van der Waals surface area (Å²) in [5.41, 5.74) is 4.52. The smallest absolute Gasteiger partial charge is 0.305 e. The van der Waals surface area contributed by atoms with Gasteiger partial charge in [0.25, 0.3) is 0 Å². The summed E-state index contributed by atoms with van der Waals surface area (Å²) in [6, 6.07) is 18.3. The molecule has 21 heavy (non-hydrogen) atoms. The van der Waals surface area contributed by atoms with Crippen LogP contribution in [-0.2, 0) is 11.3 Å². The van der Waals surface area contributed by atoms with Gasteiger partial charge in [0.15, 0.2) is 0 Å². The number of hydrogen-bond donors (Lipinski definition) is 1. The Bertz CT molecular complexity index is 788. The highest BCUT2D eigenvalue weighted by Gasteiger charge is 2.15. The Balaban J connectivity index is 2.23. The van der Waals surface area contributed by atoms with Crippen molar-refractivity contribution >= 4 is 16.9 Å². The number of aromatic nitrogens is 1. The van der Waals surface area contributed by atoms with Crippen LogP contribution in [0.5, 0.6) is 0 Å². The third kappa shape index (κ3) is 2.42. The number of carbonyl (C=O) groups is 1. The Morgan fingerprint density at radius 2 is 1.71 bits per heavy atom. The standard InChI is InChI=1S/C18H17NO2/c1-13-15-9-5-6-10-16(15)19(12-11-17(20)21)18(13)14-7-3-2-4-8-14/h2-10H,11-12H2,1H3,(H,20,21). The lowest BCUT2D eigenvalue weighted by Gasteiger charge is -2.10. The number of benzene rings is 2. The lowest BCUT2D eigenvalue weighted by atomic mass is 10.1. The summed E-state index contributed by atoms with van der Waals surface area (Å²) in [4.78, 5) is 10.9. The summed E-state index contributed by atoms with van der Waals surface area (Å²) in [6.07, 6.45) is 0.123. The molecular weight excluding hydrogens is 262 g/mol. The number of aryl methyl sites for hydroxylation is 2. The molecule has 0 saturated heterocycles. The predicted octanol–water partition coefficient (Wildman–Crippen LogP) is 4.09. The molecule has 3 heteroatoms. The lowest BCUT2D eigenvalue weighted by molar-refractivity contribution is -0.137. The molecule has 0 bridgehead atoms. The Morgan fingerprint density at radius 3 is 2.43 bits per heavy atom. The zero-order chi connectivity index (χ0) is 14.8. The van der Waals surface area contributed by atoms with E-state index < -0.39 is 5.97 Å². The van der Waals surface area contributed by atoms with Crippen molar-refractivity contribution in [2.75, 3.05) is 0 Å². The van der Waals surface area contributed by atoms with E-state index in [0.29, 0.717) is 6.54 Å². The summed E-state index contributed by atoms with van der Waals surface area (Å²) in [5, 5.41) is 10.2. The average Bonchev–Trinajstić information content (AvgIpc) is 2.79. The van der Waals surface area contributed by atoms with Crippen LogP contribution in [0.2, 0.25) is 0 Å². The number of para-hydroxylation sites is 1. The van der Waals surface area contributed by atoms with Gasteiger partial charge in [0.1, 0.15) is 0 Å². The van der Waals surface area contributed by atoms with Gasteiger partial charge in [-0.3, -0.25) is 4.79 Å². The van der Waals surface area contributed by atoms with Crippen molar-refractivity contribution in [2.45, 2.75) is 19.9 Å². The second-order valence-electron chi connectivity index (χ2n) is 5.15. The molecule has 3 aromatic rings. The third-order valence-electron chi connectivity index (χ3n) is 3.82. The van der Waals surface area contributed by atoms with Crippen molar-refractivity contribution in [3.8, 4) is 11.3 Å². The lowest BCUT2D eigenvalue weighted by Crippen LogP contribution is -2.06. The van der Waals surface area contributed by atoms with Crippen molar-refractivity contribution in [2.24, 2.45) is 0 Å². The van der Waals surface area contributed by atoms with E-state index in [1.165, 1.54) is 10.9 Å². The minimum absolute atomic E-state index is 0.123. The largest absolute Gasteiger partial charge is 0.481 e. The Kier molecular flexibility index (Phi) is 3.48. The van der Waals surface area contributed by atoms with Gasteiger partial charge < -0.3 is 9.67 Å². The van der Waals surface area contributed by atoms with E-state index >= 15 is 0 Å². The number of carboxylic acids is 1. The van der Waals surface area contributed by atoms with Gasteiger partial charge >= 0.3 is 5.97 Å². The first-order valence-corrected chi connectivity index (χ1v) is 7.03. The first-order valence-electron chi connectivity index (χ1n) is 7.03. The summed E-state index contributed by atoms with van der Waals surface area (Å²) < 4.78 is 2.12. The van der Waals surface area contributed by atoms with Crippen molar-refractivity contribution in [3.63, 3.8) is 0 Å². The molecule has 0 radical (unpaired) electrons. The number of rotatable bonds is 4. The van der Waals surface area contributed by atoms with E-state index in [0.717, 1.165) is 16.8 Å². The summed E-state index contributed by atoms with van der Waals surface area (Å²) >= 11 is 0. The van der Waals surface area contributed by atoms with E-state index in [4.69, 9.17) is 5.11 Å². The highest BCUT2D eigenvalue weighted by Crippen LogP contribution is 2.33. The van der Waals surface area contributed by atoms with Gasteiger partial charge in [-0.05, 0) is 24.1 Å². The molecule has 0 amide bonds.